The first-order valence-electron chi connectivity index (χ1n) is 7.91. The van der Waals surface area contributed by atoms with E-state index in [1.807, 2.05) is 13.8 Å². The SMILES string of the molecule is CC(O)CN(C)CCCCCC(C)(C)N(C)CC(C)O. The van der Waals surface area contributed by atoms with Crippen molar-refractivity contribution in [2.45, 2.75) is 71.1 Å². The number of β-amino-alcohol motifs (C(OH)–C–C–N with tert-alkyl or cyclic N) is 1. The van der Waals surface area contributed by atoms with E-state index >= 15 is 0 Å². The lowest BCUT2D eigenvalue weighted by Crippen LogP contribution is -2.44. The zero-order valence-corrected chi connectivity index (χ0v) is 14.4. The van der Waals surface area contributed by atoms with Gasteiger partial charge in [-0.15, -0.1) is 0 Å². The summed E-state index contributed by atoms with van der Waals surface area (Å²) in [5.74, 6) is 0. The molecule has 20 heavy (non-hydrogen) atoms. The summed E-state index contributed by atoms with van der Waals surface area (Å²) >= 11 is 0. The topological polar surface area (TPSA) is 46.9 Å². The Balaban J connectivity index is 3.77. The summed E-state index contributed by atoms with van der Waals surface area (Å²) in [7, 11) is 4.15. The molecule has 0 rings (SSSR count). The molecule has 2 unspecified atom stereocenters. The van der Waals surface area contributed by atoms with E-state index in [-0.39, 0.29) is 17.7 Å². The van der Waals surface area contributed by atoms with Gasteiger partial charge in [0.2, 0.25) is 0 Å². The number of hydrogen-bond donors (Lipinski definition) is 2. The second kappa shape index (κ2) is 9.72. The summed E-state index contributed by atoms with van der Waals surface area (Å²) in [6.45, 7) is 10.7. The molecule has 2 atom stereocenters. The van der Waals surface area contributed by atoms with Gasteiger partial charge in [0.25, 0.3) is 0 Å². The van der Waals surface area contributed by atoms with Crippen molar-refractivity contribution < 1.29 is 10.2 Å². The lowest BCUT2D eigenvalue weighted by atomic mass is 9.94. The van der Waals surface area contributed by atoms with E-state index in [1.165, 1.54) is 19.3 Å². The molecule has 122 valence electrons. The Hall–Kier alpha value is -0.160. The molecule has 0 saturated heterocycles. The maximum Gasteiger partial charge on any atom is 0.0639 e. The first-order chi connectivity index (χ1) is 9.15. The van der Waals surface area contributed by atoms with Crippen molar-refractivity contribution in [3.8, 4) is 0 Å². The standard InChI is InChI=1S/C16H36N2O2/c1-14(19)12-17(5)11-9-7-8-10-16(3,4)18(6)13-15(2)20/h14-15,19-20H,7-13H2,1-6H3. The van der Waals surface area contributed by atoms with Gasteiger partial charge >= 0.3 is 0 Å². The lowest BCUT2D eigenvalue weighted by molar-refractivity contribution is 0.0736. The van der Waals surface area contributed by atoms with Crippen LogP contribution < -0.4 is 0 Å². The highest BCUT2D eigenvalue weighted by Gasteiger charge is 2.23. The van der Waals surface area contributed by atoms with Crippen molar-refractivity contribution in [1.82, 2.24) is 9.80 Å². The molecule has 4 heteroatoms. The second-order valence-corrected chi connectivity index (χ2v) is 6.96. The third-order valence-corrected chi connectivity index (χ3v) is 3.98. The van der Waals surface area contributed by atoms with Crippen molar-refractivity contribution in [2.24, 2.45) is 0 Å². The van der Waals surface area contributed by atoms with Crippen molar-refractivity contribution >= 4 is 0 Å². The van der Waals surface area contributed by atoms with Crippen LogP contribution in [0, 0.1) is 0 Å². The molecule has 2 N–H and O–H groups in total. The maximum atomic E-state index is 9.46. The highest BCUT2D eigenvalue weighted by molar-refractivity contribution is 4.80. The molecule has 0 heterocycles. The van der Waals surface area contributed by atoms with Crippen LogP contribution >= 0.6 is 0 Å². The van der Waals surface area contributed by atoms with E-state index in [2.05, 4.69) is 37.7 Å². The number of hydrogen-bond acceptors (Lipinski definition) is 4. The third-order valence-electron chi connectivity index (χ3n) is 3.98. The van der Waals surface area contributed by atoms with Crippen LogP contribution in [-0.4, -0.2) is 71.5 Å². The molecular weight excluding hydrogens is 252 g/mol. The molecule has 0 saturated carbocycles. The van der Waals surface area contributed by atoms with E-state index in [4.69, 9.17) is 0 Å². The van der Waals surface area contributed by atoms with E-state index in [0.717, 1.165) is 26.1 Å². The number of aliphatic hydroxyl groups excluding tert-OH is 2. The zero-order valence-electron chi connectivity index (χ0n) is 14.4. The Kier molecular flexibility index (Phi) is 9.64. The fourth-order valence-electron chi connectivity index (χ4n) is 2.49. The monoisotopic (exact) mass is 288 g/mol. The first-order valence-corrected chi connectivity index (χ1v) is 7.91. The second-order valence-electron chi connectivity index (χ2n) is 6.96. The summed E-state index contributed by atoms with van der Waals surface area (Å²) in [5.41, 5.74) is 0.141. The van der Waals surface area contributed by atoms with E-state index in [0.29, 0.717) is 0 Å². The van der Waals surface area contributed by atoms with Gasteiger partial charge in [-0.05, 0) is 61.2 Å². The highest BCUT2D eigenvalue weighted by atomic mass is 16.3. The molecule has 0 aliphatic rings. The van der Waals surface area contributed by atoms with Gasteiger partial charge in [0.1, 0.15) is 0 Å². The molecule has 0 aromatic rings. The number of unbranched alkanes of at least 4 members (excludes halogenated alkanes) is 2. The summed E-state index contributed by atoms with van der Waals surface area (Å²) in [6, 6.07) is 0. The average molecular weight is 288 g/mol. The van der Waals surface area contributed by atoms with E-state index in [1.54, 1.807) is 0 Å². The van der Waals surface area contributed by atoms with E-state index in [9.17, 15) is 10.2 Å². The summed E-state index contributed by atoms with van der Waals surface area (Å²) in [5, 5.41) is 18.8. The van der Waals surface area contributed by atoms with Crippen molar-refractivity contribution in [1.29, 1.82) is 0 Å². The molecule has 0 aromatic heterocycles. The fraction of sp³-hybridized carbons (Fsp3) is 1.00. The van der Waals surface area contributed by atoms with Crippen LogP contribution in [-0.2, 0) is 0 Å². The predicted molar refractivity (Wildman–Crippen MR) is 86.0 cm³/mol. The van der Waals surface area contributed by atoms with Crippen LogP contribution in [0.15, 0.2) is 0 Å². The lowest BCUT2D eigenvalue weighted by Gasteiger charge is -2.36. The van der Waals surface area contributed by atoms with Gasteiger partial charge < -0.3 is 15.1 Å². The van der Waals surface area contributed by atoms with Crippen molar-refractivity contribution in [2.75, 3.05) is 33.7 Å². The quantitative estimate of drug-likeness (QED) is 0.571. The molecule has 0 aliphatic carbocycles. The van der Waals surface area contributed by atoms with Gasteiger partial charge in [-0.2, -0.15) is 0 Å². The molecule has 0 spiro atoms. The highest BCUT2D eigenvalue weighted by Crippen LogP contribution is 2.20. The number of nitrogens with zero attached hydrogens (tertiary/aromatic N) is 2. The molecule has 0 bridgehead atoms. The number of likely N-dealkylation sites (N-methyl/N-ethyl adjacent to an activating group) is 2. The van der Waals surface area contributed by atoms with Gasteiger partial charge in [-0.3, -0.25) is 4.90 Å². The molecule has 0 radical (unpaired) electrons. The Morgan fingerprint density at radius 3 is 1.95 bits per heavy atom. The summed E-state index contributed by atoms with van der Waals surface area (Å²) in [4.78, 5) is 4.44. The minimum absolute atomic E-state index is 0.141. The molecule has 4 nitrogen and oxygen atoms in total. The molecule has 0 amide bonds. The molecule has 0 aliphatic heterocycles. The van der Waals surface area contributed by atoms with Gasteiger partial charge in [-0.1, -0.05) is 12.8 Å². The van der Waals surface area contributed by atoms with Crippen molar-refractivity contribution in [3.05, 3.63) is 0 Å². The van der Waals surface area contributed by atoms with Crippen LogP contribution in [0.5, 0.6) is 0 Å². The van der Waals surface area contributed by atoms with Crippen LogP contribution in [0.25, 0.3) is 0 Å². The fourth-order valence-corrected chi connectivity index (χ4v) is 2.49. The Morgan fingerprint density at radius 1 is 0.900 bits per heavy atom. The third kappa shape index (κ3) is 9.70. The Labute approximate surface area is 125 Å². The normalized spacial score (nSPS) is 15.9. The van der Waals surface area contributed by atoms with Gasteiger partial charge in [0.15, 0.2) is 0 Å². The van der Waals surface area contributed by atoms with Gasteiger partial charge in [-0.25, -0.2) is 0 Å². The smallest absolute Gasteiger partial charge is 0.0639 e. The molecule has 0 fully saturated rings. The molecule has 0 aromatic carbocycles. The average Bonchev–Trinajstić information content (AvgIpc) is 2.26. The zero-order chi connectivity index (χ0) is 15.8. The van der Waals surface area contributed by atoms with E-state index < -0.39 is 0 Å². The largest absolute Gasteiger partial charge is 0.392 e. The Morgan fingerprint density at radius 2 is 1.45 bits per heavy atom. The van der Waals surface area contributed by atoms with Crippen LogP contribution in [0.4, 0.5) is 0 Å². The van der Waals surface area contributed by atoms with Gasteiger partial charge in [0, 0.05) is 18.6 Å². The summed E-state index contributed by atoms with van der Waals surface area (Å²) in [6.07, 6.45) is 4.24. The summed E-state index contributed by atoms with van der Waals surface area (Å²) < 4.78 is 0. The van der Waals surface area contributed by atoms with Crippen molar-refractivity contribution in [3.63, 3.8) is 0 Å². The maximum absolute atomic E-state index is 9.46. The number of rotatable bonds is 11. The van der Waals surface area contributed by atoms with Gasteiger partial charge in [0.05, 0.1) is 12.2 Å². The predicted octanol–water partition coefficient (Wildman–Crippen LogP) is 1.95. The van der Waals surface area contributed by atoms with Crippen LogP contribution in [0.2, 0.25) is 0 Å². The van der Waals surface area contributed by atoms with Crippen LogP contribution in [0.3, 0.4) is 0 Å². The number of aliphatic hydroxyl groups is 2. The van der Waals surface area contributed by atoms with Crippen LogP contribution in [0.1, 0.15) is 53.4 Å². The molecular formula is C16H36N2O2. The Bertz CT molecular complexity index is 243. The minimum Gasteiger partial charge on any atom is -0.392 e. The minimum atomic E-state index is -0.270. The first kappa shape index (κ1) is 19.8.